The minimum Gasteiger partial charge on any atom is -0.389 e. The Morgan fingerprint density at radius 2 is 1.70 bits per heavy atom. The lowest BCUT2D eigenvalue weighted by molar-refractivity contribution is -0.126. The Kier molecular flexibility index (Phi) is 13.3. The van der Waals surface area contributed by atoms with Crippen molar-refractivity contribution in [2.75, 3.05) is 19.7 Å². The van der Waals surface area contributed by atoms with E-state index in [1.807, 2.05) is 0 Å². The van der Waals surface area contributed by atoms with Crippen LogP contribution in [0.1, 0.15) is 90.4 Å². The second-order valence-corrected chi connectivity index (χ2v) is 9.49. The van der Waals surface area contributed by atoms with E-state index < -0.39 is 0 Å². The fourth-order valence-corrected chi connectivity index (χ4v) is 5.06. The Labute approximate surface area is 199 Å². The van der Waals surface area contributed by atoms with Crippen LogP contribution in [0.4, 0.5) is 0 Å². The number of rotatable bonds is 18. The molecule has 0 unspecified atom stereocenters. The summed E-state index contributed by atoms with van der Waals surface area (Å²) in [5.41, 5.74) is 0. The summed E-state index contributed by atoms with van der Waals surface area (Å²) in [5.74, 6) is 0.895. The quantitative estimate of drug-likeness (QED) is 0.213. The number of carbonyl (C=O) groups is 3. The number of carbonyl (C=O) groups excluding carboxylic acids is 3. The molecule has 33 heavy (non-hydrogen) atoms. The molecule has 0 aromatic heterocycles. The van der Waals surface area contributed by atoms with Gasteiger partial charge in [-0.15, -0.1) is 0 Å². The van der Waals surface area contributed by atoms with Crippen molar-refractivity contribution in [1.82, 2.24) is 10.6 Å². The van der Waals surface area contributed by atoms with E-state index in [4.69, 9.17) is 9.84 Å². The Bertz CT molecular complexity index is 636. The van der Waals surface area contributed by atoms with Gasteiger partial charge in [0.05, 0.1) is 18.8 Å². The van der Waals surface area contributed by atoms with Gasteiger partial charge in [-0.3, -0.25) is 14.4 Å². The molecule has 4 atom stereocenters. The highest BCUT2D eigenvalue weighted by Gasteiger charge is 2.47. The first-order valence-corrected chi connectivity index (χ1v) is 13.0. The standard InChI is InChI=1S/C26H44N2O5/c1-2-3-6-14-25(31)28-18-26(32)27-17-10-9-13-22-21(23-15-16-24(22)33-23)12-8-5-4-7-11-20(30)19-29/h5,8,21-24,29H,2-4,6-7,9-19H2,1H3,(H,27,32)(H,28,31)/t21-,22+,23-,24+/m0/s1. The zero-order chi connectivity index (χ0) is 23.9. The molecular weight excluding hydrogens is 420 g/mol. The minimum atomic E-state index is -0.354. The molecule has 0 aromatic carbocycles. The van der Waals surface area contributed by atoms with Crippen LogP contribution in [-0.2, 0) is 19.1 Å². The van der Waals surface area contributed by atoms with Crippen molar-refractivity contribution < 1.29 is 24.2 Å². The minimum absolute atomic E-state index is 0.0476. The summed E-state index contributed by atoms with van der Waals surface area (Å²) in [5, 5.41) is 14.4. The van der Waals surface area contributed by atoms with E-state index in [1.165, 1.54) is 0 Å². The molecule has 2 heterocycles. The Balaban J connectivity index is 1.57. The highest BCUT2D eigenvalue weighted by molar-refractivity contribution is 5.84. The average molecular weight is 465 g/mol. The third kappa shape index (κ3) is 10.4. The lowest BCUT2D eigenvalue weighted by Gasteiger charge is -2.27. The smallest absolute Gasteiger partial charge is 0.239 e. The fraction of sp³-hybridized carbons (Fsp3) is 0.808. The molecule has 2 bridgehead atoms. The first-order chi connectivity index (χ1) is 16.0. The van der Waals surface area contributed by atoms with E-state index in [0.29, 0.717) is 43.4 Å². The summed E-state index contributed by atoms with van der Waals surface area (Å²) < 4.78 is 6.19. The normalized spacial score (nSPS) is 23.8. The molecule has 2 fully saturated rings. The van der Waals surface area contributed by atoms with E-state index in [-0.39, 0.29) is 30.7 Å². The van der Waals surface area contributed by atoms with Crippen molar-refractivity contribution in [2.24, 2.45) is 11.8 Å². The van der Waals surface area contributed by atoms with Gasteiger partial charge in [-0.05, 0) is 63.2 Å². The molecule has 188 valence electrons. The van der Waals surface area contributed by atoms with Crippen molar-refractivity contribution in [3.63, 3.8) is 0 Å². The van der Waals surface area contributed by atoms with Gasteiger partial charge in [-0.25, -0.2) is 0 Å². The molecule has 0 aromatic rings. The predicted molar refractivity (Wildman–Crippen MR) is 129 cm³/mol. The third-order valence-corrected chi connectivity index (χ3v) is 6.91. The Morgan fingerprint density at radius 1 is 0.909 bits per heavy atom. The van der Waals surface area contributed by atoms with Crippen molar-refractivity contribution in [3.8, 4) is 0 Å². The molecule has 2 rings (SSSR count). The number of unbranched alkanes of at least 4 members (excludes halogenated alkanes) is 4. The molecule has 7 heteroatoms. The van der Waals surface area contributed by atoms with Crippen LogP contribution in [0.15, 0.2) is 12.2 Å². The van der Waals surface area contributed by atoms with E-state index in [0.717, 1.165) is 70.6 Å². The lowest BCUT2D eigenvalue weighted by atomic mass is 9.75. The summed E-state index contributed by atoms with van der Waals surface area (Å²) in [6.45, 7) is 2.45. The van der Waals surface area contributed by atoms with Gasteiger partial charge in [-0.2, -0.15) is 0 Å². The molecule has 7 nitrogen and oxygen atoms in total. The number of hydrogen-bond donors (Lipinski definition) is 3. The topological polar surface area (TPSA) is 105 Å². The van der Waals surface area contributed by atoms with Gasteiger partial charge in [0, 0.05) is 19.4 Å². The van der Waals surface area contributed by atoms with Crippen LogP contribution in [0.25, 0.3) is 0 Å². The molecule has 0 aliphatic carbocycles. The summed E-state index contributed by atoms with van der Waals surface area (Å²) in [6, 6.07) is 0. The van der Waals surface area contributed by atoms with Crippen molar-refractivity contribution in [3.05, 3.63) is 12.2 Å². The van der Waals surface area contributed by atoms with Crippen molar-refractivity contribution in [2.45, 2.75) is 103 Å². The maximum Gasteiger partial charge on any atom is 0.239 e. The molecule has 2 aliphatic heterocycles. The van der Waals surface area contributed by atoms with Gasteiger partial charge in [0.1, 0.15) is 6.61 Å². The summed E-state index contributed by atoms with van der Waals surface area (Å²) in [4.78, 5) is 34.7. The highest BCUT2D eigenvalue weighted by atomic mass is 16.5. The first-order valence-electron chi connectivity index (χ1n) is 13.0. The van der Waals surface area contributed by atoms with Crippen LogP contribution in [0, 0.1) is 11.8 Å². The van der Waals surface area contributed by atoms with E-state index in [1.54, 1.807) is 0 Å². The van der Waals surface area contributed by atoms with Crippen LogP contribution in [0.5, 0.6) is 0 Å². The lowest BCUT2D eigenvalue weighted by Crippen LogP contribution is -2.37. The number of ether oxygens (including phenoxy) is 1. The Hall–Kier alpha value is -1.73. The van der Waals surface area contributed by atoms with Crippen LogP contribution in [0.3, 0.4) is 0 Å². The molecular formula is C26H44N2O5. The van der Waals surface area contributed by atoms with Crippen molar-refractivity contribution >= 4 is 17.6 Å². The van der Waals surface area contributed by atoms with Gasteiger partial charge in [0.25, 0.3) is 0 Å². The largest absolute Gasteiger partial charge is 0.389 e. The SMILES string of the molecule is CCCCCC(=O)NCC(=O)NCCCC[C@@H]1[C@H](CC=CCCCC(=O)CO)[C@@H]2CC[C@H]1O2. The summed E-state index contributed by atoms with van der Waals surface area (Å²) in [7, 11) is 0. The molecule has 0 saturated carbocycles. The number of nitrogens with one attached hydrogen (secondary N) is 2. The van der Waals surface area contributed by atoms with Crippen LogP contribution in [-0.4, -0.2) is 54.6 Å². The van der Waals surface area contributed by atoms with E-state index >= 15 is 0 Å². The zero-order valence-electron chi connectivity index (χ0n) is 20.4. The number of fused-ring (bicyclic) bond motifs is 2. The molecule has 0 spiro atoms. The van der Waals surface area contributed by atoms with Gasteiger partial charge in [0.15, 0.2) is 5.78 Å². The Morgan fingerprint density at radius 3 is 2.45 bits per heavy atom. The molecule has 3 N–H and O–H groups in total. The van der Waals surface area contributed by atoms with Gasteiger partial charge in [-0.1, -0.05) is 38.3 Å². The van der Waals surface area contributed by atoms with Gasteiger partial charge >= 0.3 is 0 Å². The first kappa shape index (κ1) is 27.5. The maximum absolute atomic E-state index is 11.9. The average Bonchev–Trinajstić information content (AvgIpc) is 3.42. The zero-order valence-corrected chi connectivity index (χ0v) is 20.4. The van der Waals surface area contributed by atoms with Crippen LogP contribution in [0.2, 0.25) is 0 Å². The van der Waals surface area contributed by atoms with E-state index in [9.17, 15) is 14.4 Å². The number of amides is 2. The van der Waals surface area contributed by atoms with Crippen LogP contribution < -0.4 is 10.6 Å². The second kappa shape index (κ2) is 16.0. The number of allylic oxidation sites excluding steroid dienone is 2. The third-order valence-electron chi connectivity index (χ3n) is 6.91. The maximum atomic E-state index is 11.9. The van der Waals surface area contributed by atoms with Crippen LogP contribution >= 0.6 is 0 Å². The number of aliphatic hydroxyl groups excluding tert-OH is 1. The summed E-state index contributed by atoms with van der Waals surface area (Å²) in [6.07, 6.45) is 17.2. The number of aliphatic hydroxyl groups is 1. The van der Waals surface area contributed by atoms with E-state index in [2.05, 4.69) is 29.7 Å². The predicted octanol–water partition coefficient (Wildman–Crippen LogP) is 3.44. The van der Waals surface area contributed by atoms with Gasteiger partial charge < -0.3 is 20.5 Å². The second-order valence-electron chi connectivity index (χ2n) is 9.49. The monoisotopic (exact) mass is 464 g/mol. The van der Waals surface area contributed by atoms with Gasteiger partial charge in [0.2, 0.25) is 11.8 Å². The number of Topliss-reactive ketones (excluding diaryl/α,β-unsaturated/α-hetero) is 1. The molecule has 2 saturated heterocycles. The molecule has 0 radical (unpaired) electrons. The fourth-order valence-electron chi connectivity index (χ4n) is 5.06. The number of hydrogen-bond acceptors (Lipinski definition) is 5. The molecule has 2 amide bonds. The molecule has 2 aliphatic rings. The summed E-state index contributed by atoms with van der Waals surface area (Å²) >= 11 is 0. The highest BCUT2D eigenvalue weighted by Crippen LogP contribution is 2.47. The van der Waals surface area contributed by atoms with Crippen molar-refractivity contribution in [1.29, 1.82) is 0 Å². The number of ketones is 1.